The van der Waals surface area contributed by atoms with Gasteiger partial charge in [0.1, 0.15) is 6.35 Å². The third-order valence-electron chi connectivity index (χ3n) is 2.44. The summed E-state index contributed by atoms with van der Waals surface area (Å²) in [5.74, 6) is 0.00297. The zero-order chi connectivity index (χ0) is 15.5. The molecule has 0 aliphatic rings. The lowest BCUT2D eigenvalue weighted by Gasteiger charge is -2.02. The first-order valence-corrected chi connectivity index (χ1v) is 7.64. The Hall–Kier alpha value is -2.00. The van der Waals surface area contributed by atoms with Crippen LogP contribution in [0.15, 0.2) is 23.3 Å². The molecule has 0 atom stereocenters. The highest BCUT2D eigenvalue weighted by molar-refractivity contribution is 7.51. The van der Waals surface area contributed by atoms with Crippen molar-refractivity contribution in [1.29, 1.82) is 0 Å². The fraction of sp³-hybridized carbons (Fsp3) is 0.300. The van der Waals surface area contributed by atoms with Gasteiger partial charge in [-0.3, -0.25) is 14.3 Å². The quantitative estimate of drug-likeness (QED) is 0.313. The lowest BCUT2D eigenvalue weighted by atomic mass is 10.5. The van der Waals surface area contributed by atoms with Crippen molar-refractivity contribution in [3.05, 3.63) is 28.8 Å². The number of fused-ring (bicyclic) bond motifs is 1. The number of hydrogen-bond acceptors (Lipinski definition) is 6. The zero-order valence-electron chi connectivity index (χ0n) is 10.8. The van der Waals surface area contributed by atoms with Crippen LogP contribution in [-0.4, -0.2) is 42.3 Å². The summed E-state index contributed by atoms with van der Waals surface area (Å²) in [5, 5.41) is 0. The second-order valence-electron chi connectivity index (χ2n) is 4.16. The van der Waals surface area contributed by atoms with Crippen molar-refractivity contribution in [2.24, 2.45) is 0 Å². The topological polar surface area (TPSA) is 156 Å². The number of nitrogens with two attached hydrogens (primary N) is 1. The fourth-order valence-electron chi connectivity index (χ4n) is 1.60. The van der Waals surface area contributed by atoms with E-state index in [1.54, 1.807) is 16.7 Å². The predicted octanol–water partition coefficient (Wildman–Crippen LogP) is -0.590. The number of allylic oxidation sites excluding steroid dienone is 1. The molecular formula is C10H14N5O5P. The molecule has 0 saturated heterocycles. The molecule has 0 aromatic carbocycles. The van der Waals surface area contributed by atoms with Gasteiger partial charge in [-0.05, 0) is 0 Å². The molecule has 0 spiro atoms. The average Bonchev–Trinajstić information content (AvgIpc) is 2.75. The minimum atomic E-state index is -4.14. The van der Waals surface area contributed by atoms with Crippen LogP contribution in [0.3, 0.4) is 0 Å². The number of nitrogen functional groups attached to an aromatic ring is 1. The fourth-order valence-corrected chi connectivity index (χ4v) is 1.94. The highest BCUT2D eigenvalue weighted by Crippen LogP contribution is 2.33. The van der Waals surface area contributed by atoms with Crippen molar-refractivity contribution in [2.45, 2.75) is 6.54 Å². The second kappa shape index (κ2) is 6.19. The highest BCUT2D eigenvalue weighted by atomic mass is 31.2. The zero-order valence-corrected chi connectivity index (χ0v) is 11.7. The summed E-state index contributed by atoms with van der Waals surface area (Å²) < 4.78 is 16.9. The lowest BCUT2D eigenvalue weighted by molar-refractivity contribution is 0.184. The minimum absolute atomic E-state index is 0.00297. The van der Waals surface area contributed by atoms with Crippen LogP contribution < -0.4 is 11.3 Å². The molecule has 114 valence electrons. The van der Waals surface area contributed by atoms with Gasteiger partial charge in [0.15, 0.2) is 11.2 Å². The average molecular weight is 315 g/mol. The van der Waals surface area contributed by atoms with E-state index in [4.69, 9.17) is 20.3 Å². The summed E-state index contributed by atoms with van der Waals surface area (Å²) in [5.41, 5.74) is 5.60. The smallest absolute Gasteiger partial charge is 0.350 e. The molecule has 0 amide bonds. The Bertz CT molecular complexity index is 761. The van der Waals surface area contributed by atoms with Crippen LogP contribution in [0.5, 0.6) is 0 Å². The molecule has 11 heteroatoms. The maximum absolute atomic E-state index is 11.6. The van der Waals surface area contributed by atoms with Gasteiger partial charge in [0.05, 0.1) is 12.9 Å². The molecule has 0 aliphatic heterocycles. The monoisotopic (exact) mass is 315 g/mol. The van der Waals surface area contributed by atoms with E-state index < -0.39 is 19.5 Å². The number of nitrogens with zero attached hydrogens (tertiary/aromatic N) is 3. The predicted molar refractivity (Wildman–Crippen MR) is 74.6 cm³/mol. The Labute approximate surface area is 118 Å². The molecule has 10 nitrogen and oxygen atoms in total. The van der Waals surface area contributed by atoms with Crippen molar-refractivity contribution in [2.75, 3.05) is 18.7 Å². The van der Waals surface area contributed by atoms with Crippen LogP contribution in [0.4, 0.5) is 5.95 Å². The maximum Gasteiger partial charge on any atom is 0.350 e. The molecule has 5 N–H and O–H groups in total. The van der Waals surface area contributed by atoms with Crippen molar-refractivity contribution >= 4 is 24.7 Å². The van der Waals surface area contributed by atoms with E-state index in [1.807, 2.05) is 0 Å². The van der Waals surface area contributed by atoms with E-state index in [0.717, 1.165) is 0 Å². The number of aromatic nitrogens is 4. The number of anilines is 1. The summed E-state index contributed by atoms with van der Waals surface area (Å²) in [4.78, 5) is 39.0. The molecule has 21 heavy (non-hydrogen) atoms. The number of H-pyrrole nitrogens is 1. The molecule has 0 bridgehead atoms. The number of aromatic amines is 1. The van der Waals surface area contributed by atoms with Crippen LogP contribution >= 0.6 is 7.60 Å². The molecule has 0 fully saturated rings. The van der Waals surface area contributed by atoms with Gasteiger partial charge in [-0.15, -0.1) is 0 Å². The Balaban J connectivity index is 1.98. The third kappa shape index (κ3) is 4.23. The first-order valence-electron chi connectivity index (χ1n) is 5.85. The maximum atomic E-state index is 11.6. The second-order valence-corrected chi connectivity index (χ2v) is 5.74. The van der Waals surface area contributed by atoms with Crippen molar-refractivity contribution in [3.8, 4) is 0 Å². The Morgan fingerprint density at radius 3 is 2.95 bits per heavy atom. The Morgan fingerprint density at radius 2 is 2.24 bits per heavy atom. The first kappa shape index (κ1) is 15.4. The van der Waals surface area contributed by atoms with Gasteiger partial charge in [0.2, 0.25) is 5.95 Å². The van der Waals surface area contributed by atoms with Crippen LogP contribution in [0.1, 0.15) is 0 Å². The van der Waals surface area contributed by atoms with Crippen LogP contribution in [-0.2, 0) is 15.8 Å². The van der Waals surface area contributed by atoms with Crippen LogP contribution in [0, 0.1) is 0 Å². The highest BCUT2D eigenvalue weighted by Gasteiger charge is 2.11. The van der Waals surface area contributed by atoms with Crippen molar-refractivity contribution < 1.29 is 19.1 Å². The standard InChI is InChI=1S/C10H14N5O5P/c11-10-13-8-7(9(16)14-10)12-5-15(8)3-1-2-4-20-6-21(17,18)19/h1-2,5H,3-4,6H2,(H2,17,18,19)(H3,11,13,14,16). The Morgan fingerprint density at radius 1 is 1.48 bits per heavy atom. The number of hydrogen-bond donors (Lipinski definition) is 4. The molecule has 0 saturated carbocycles. The van der Waals surface area contributed by atoms with E-state index in [-0.39, 0.29) is 18.1 Å². The number of ether oxygens (including phenoxy) is 1. The minimum Gasteiger partial charge on any atom is -0.369 e. The van der Waals surface area contributed by atoms with E-state index in [0.29, 0.717) is 12.2 Å². The molecule has 2 aromatic heterocycles. The van der Waals surface area contributed by atoms with E-state index in [9.17, 15) is 9.36 Å². The molecule has 0 radical (unpaired) electrons. The summed E-state index contributed by atoms with van der Waals surface area (Å²) in [6, 6.07) is 0. The van der Waals surface area contributed by atoms with Crippen LogP contribution in [0.25, 0.3) is 11.2 Å². The molecule has 2 rings (SSSR count). The summed E-state index contributed by atoms with van der Waals surface area (Å²) in [7, 11) is -4.14. The number of nitrogens with one attached hydrogen (secondary N) is 1. The van der Waals surface area contributed by atoms with Gasteiger partial charge in [-0.25, -0.2) is 4.98 Å². The molecule has 2 heterocycles. The van der Waals surface area contributed by atoms with E-state index in [2.05, 4.69) is 15.0 Å². The normalized spacial score (nSPS) is 12.5. The lowest BCUT2D eigenvalue weighted by Crippen LogP contribution is -2.12. The molecule has 0 unspecified atom stereocenters. The van der Waals surface area contributed by atoms with Gasteiger partial charge in [-0.1, -0.05) is 12.2 Å². The first-order chi connectivity index (χ1) is 9.87. The third-order valence-corrected chi connectivity index (χ3v) is 2.95. The summed E-state index contributed by atoms with van der Waals surface area (Å²) in [6.07, 6.45) is 4.11. The van der Waals surface area contributed by atoms with Gasteiger partial charge in [-0.2, -0.15) is 4.98 Å². The molecular weight excluding hydrogens is 301 g/mol. The van der Waals surface area contributed by atoms with E-state index in [1.165, 1.54) is 6.33 Å². The van der Waals surface area contributed by atoms with Gasteiger partial charge < -0.3 is 24.8 Å². The van der Waals surface area contributed by atoms with Gasteiger partial charge >= 0.3 is 7.60 Å². The Kier molecular flexibility index (Phi) is 4.53. The van der Waals surface area contributed by atoms with Gasteiger partial charge in [0.25, 0.3) is 5.56 Å². The summed E-state index contributed by atoms with van der Waals surface area (Å²) in [6.45, 7) is 0.430. The largest absolute Gasteiger partial charge is 0.369 e. The SMILES string of the molecule is Nc1nc2c(ncn2CC=CCOCP(=O)(O)O)c(=O)[nH]1. The molecule has 2 aromatic rings. The van der Waals surface area contributed by atoms with Crippen molar-refractivity contribution in [1.82, 2.24) is 19.5 Å². The molecule has 0 aliphatic carbocycles. The van der Waals surface area contributed by atoms with Crippen molar-refractivity contribution in [3.63, 3.8) is 0 Å². The number of rotatable bonds is 6. The van der Waals surface area contributed by atoms with Gasteiger partial charge in [0, 0.05) is 6.54 Å². The van der Waals surface area contributed by atoms with Crippen LogP contribution in [0.2, 0.25) is 0 Å². The van der Waals surface area contributed by atoms with E-state index >= 15 is 0 Å². The number of imidazole rings is 1. The summed E-state index contributed by atoms with van der Waals surface area (Å²) >= 11 is 0.